The summed E-state index contributed by atoms with van der Waals surface area (Å²) in [5.41, 5.74) is 7.38. The van der Waals surface area contributed by atoms with Gasteiger partial charge < -0.3 is 37.1 Å². The summed E-state index contributed by atoms with van der Waals surface area (Å²) >= 11 is 0. The zero-order valence-electron chi connectivity index (χ0n) is 21.7. The molecule has 1 amide bonds. The minimum atomic E-state index is -0.0354. The molecule has 0 bridgehead atoms. The summed E-state index contributed by atoms with van der Waals surface area (Å²) in [6, 6.07) is 9.95. The number of nitrogens with two attached hydrogens (primary N) is 1. The first kappa shape index (κ1) is 30.2. The second kappa shape index (κ2) is 19.1. The Hall–Kier alpha value is -2.05. The van der Waals surface area contributed by atoms with Gasteiger partial charge in [-0.2, -0.15) is 10.1 Å². The predicted octanol–water partition coefficient (Wildman–Crippen LogP) is 1.69. The van der Waals surface area contributed by atoms with E-state index < -0.39 is 0 Å². The lowest BCUT2D eigenvalue weighted by atomic mass is 10.2. The molecule has 0 spiro atoms. The van der Waals surface area contributed by atoms with Crippen LogP contribution in [-0.4, -0.2) is 96.9 Å². The fourth-order valence-corrected chi connectivity index (χ4v) is 3.98. The number of nitrogens with zero attached hydrogens (tertiary/aromatic N) is 2. The number of aromatic amines is 1. The number of H-pyrrole nitrogens is 1. The maximum Gasteiger partial charge on any atom is 0.225 e. The fourth-order valence-electron chi connectivity index (χ4n) is 3.98. The van der Waals surface area contributed by atoms with Crippen LogP contribution in [0.25, 0.3) is 10.9 Å². The van der Waals surface area contributed by atoms with Crippen molar-refractivity contribution < 1.29 is 15.2 Å². The third-order valence-corrected chi connectivity index (χ3v) is 5.97. The highest BCUT2D eigenvalue weighted by molar-refractivity contribution is 5.84. The van der Waals surface area contributed by atoms with Crippen molar-refractivity contribution in [2.75, 3.05) is 65.4 Å². The number of benzene rings is 1. The molecule has 0 unspecified atom stereocenters. The first-order valence-corrected chi connectivity index (χ1v) is 13.4. The second-order valence-electron chi connectivity index (χ2n) is 9.23. The van der Waals surface area contributed by atoms with E-state index in [1.54, 1.807) is 0 Å². The lowest BCUT2D eigenvalue weighted by Gasteiger charge is -2.18. The van der Waals surface area contributed by atoms with Crippen LogP contribution in [0.15, 0.2) is 30.3 Å². The molecule has 1 aromatic heterocycles. The van der Waals surface area contributed by atoms with Gasteiger partial charge in [0.05, 0.1) is 6.42 Å². The average molecular weight is 506 g/mol. The molecule has 1 heterocycles. The van der Waals surface area contributed by atoms with Gasteiger partial charge in [-0.3, -0.25) is 4.79 Å². The number of para-hydroxylation sites is 1. The first-order valence-electron chi connectivity index (χ1n) is 13.4. The van der Waals surface area contributed by atoms with E-state index in [9.17, 15) is 15.2 Å². The van der Waals surface area contributed by atoms with Crippen LogP contribution in [0.1, 0.15) is 44.2 Å². The summed E-state index contributed by atoms with van der Waals surface area (Å²) in [6.07, 6.45) is 5.84. The maximum absolute atomic E-state index is 12.1. The highest BCUT2D eigenvalue weighted by Gasteiger charge is 2.07. The summed E-state index contributed by atoms with van der Waals surface area (Å²) in [5, 5.41) is 33.4. The largest absolute Gasteiger partial charge is 0.358 e. The zero-order chi connectivity index (χ0) is 25.8. The number of rotatable bonds is 22. The van der Waals surface area contributed by atoms with Gasteiger partial charge in [0.2, 0.25) is 5.91 Å². The highest BCUT2D eigenvalue weighted by Crippen LogP contribution is 2.14. The molecule has 0 radical (unpaired) electrons. The summed E-state index contributed by atoms with van der Waals surface area (Å²) in [6.45, 7) is 7.26. The number of carbonyl (C=O) groups is 1. The molecular formula is C26H47N7O3. The van der Waals surface area contributed by atoms with Crippen molar-refractivity contribution in [2.45, 2.75) is 44.9 Å². The molecule has 0 aliphatic carbocycles. The molecule has 2 rings (SSSR count). The van der Waals surface area contributed by atoms with Gasteiger partial charge in [0.1, 0.15) is 0 Å². The van der Waals surface area contributed by atoms with Crippen LogP contribution in [0, 0.1) is 0 Å². The van der Waals surface area contributed by atoms with Gasteiger partial charge in [0.25, 0.3) is 0 Å². The number of carbonyl (C=O) groups excluding carboxylic acids is 1. The summed E-state index contributed by atoms with van der Waals surface area (Å²) in [4.78, 5) is 15.4. The molecule has 10 heteroatoms. The molecule has 0 aliphatic heterocycles. The van der Waals surface area contributed by atoms with Crippen molar-refractivity contribution in [3.8, 4) is 0 Å². The molecule has 0 saturated heterocycles. The van der Waals surface area contributed by atoms with E-state index >= 15 is 0 Å². The molecule has 0 atom stereocenters. The van der Waals surface area contributed by atoms with E-state index in [4.69, 9.17) is 5.73 Å². The number of hydrogen-bond acceptors (Lipinski definition) is 8. The van der Waals surface area contributed by atoms with Crippen LogP contribution < -0.4 is 21.7 Å². The number of hydrogen-bond donors (Lipinski definition) is 7. The molecular weight excluding hydrogens is 458 g/mol. The van der Waals surface area contributed by atoms with Gasteiger partial charge >= 0.3 is 0 Å². The smallest absolute Gasteiger partial charge is 0.225 e. The first-order chi connectivity index (χ1) is 17.6. The lowest BCUT2D eigenvalue weighted by molar-refractivity contribution is -0.121. The van der Waals surface area contributed by atoms with Gasteiger partial charge in [-0.1, -0.05) is 18.2 Å². The van der Waals surface area contributed by atoms with Gasteiger partial charge in [-0.05, 0) is 88.8 Å². The minimum Gasteiger partial charge on any atom is -0.358 e. The number of unbranched alkanes of at least 4 members (excludes halogenated alkanes) is 1. The minimum absolute atomic E-state index is 0.0354. The standard InChI is InChI=1S/C26H47N7O3/c27-11-5-14-28-12-3-4-13-29-15-6-17-32(35)19-8-20-33(36)18-7-16-30-26(34)22-24-21-23-9-1-2-10-25(23)31-24/h1-2,9-10,21,28-29,31,35-36H,3-8,11-20,22,27H2,(H,30,34). The normalized spacial score (nSPS) is 11.7. The van der Waals surface area contributed by atoms with E-state index in [1.807, 2.05) is 30.3 Å². The van der Waals surface area contributed by atoms with E-state index in [0.717, 1.165) is 75.0 Å². The molecule has 2 aromatic rings. The Morgan fingerprint density at radius 1 is 0.806 bits per heavy atom. The monoisotopic (exact) mass is 505 g/mol. The predicted molar refractivity (Wildman–Crippen MR) is 144 cm³/mol. The zero-order valence-corrected chi connectivity index (χ0v) is 21.7. The Morgan fingerprint density at radius 3 is 2.06 bits per heavy atom. The van der Waals surface area contributed by atoms with E-state index in [1.165, 1.54) is 10.1 Å². The SMILES string of the molecule is NCCCNCCCCNCCCN(O)CCCN(O)CCCNC(=O)Cc1cc2ccccc2[nH]1. The third-order valence-electron chi connectivity index (χ3n) is 5.97. The Labute approximate surface area is 215 Å². The molecule has 36 heavy (non-hydrogen) atoms. The Morgan fingerprint density at radius 2 is 1.39 bits per heavy atom. The average Bonchev–Trinajstić information content (AvgIpc) is 3.27. The fraction of sp³-hybridized carbons (Fsp3) is 0.654. The van der Waals surface area contributed by atoms with E-state index in [0.29, 0.717) is 52.0 Å². The molecule has 1 aromatic carbocycles. The number of fused-ring (bicyclic) bond motifs is 1. The quantitative estimate of drug-likeness (QED) is 0.0947. The lowest BCUT2D eigenvalue weighted by Crippen LogP contribution is -2.31. The maximum atomic E-state index is 12.1. The van der Waals surface area contributed by atoms with Crippen LogP contribution in [0.5, 0.6) is 0 Å². The molecule has 10 nitrogen and oxygen atoms in total. The molecule has 0 aliphatic rings. The summed E-state index contributed by atoms with van der Waals surface area (Å²) in [5.74, 6) is -0.0354. The number of nitrogens with one attached hydrogen (secondary N) is 4. The molecule has 204 valence electrons. The van der Waals surface area contributed by atoms with Gasteiger partial charge in [0, 0.05) is 43.9 Å². The second-order valence-corrected chi connectivity index (χ2v) is 9.23. The van der Waals surface area contributed by atoms with Crippen LogP contribution in [0.3, 0.4) is 0 Å². The van der Waals surface area contributed by atoms with Crippen LogP contribution in [0.2, 0.25) is 0 Å². The van der Waals surface area contributed by atoms with Crippen molar-refractivity contribution in [1.82, 2.24) is 31.1 Å². The Bertz CT molecular complexity index is 800. The van der Waals surface area contributed by atoms with Crippen molar-refractivity contribution in [2.24, 2.45) is 5.73 Å². The van der Waals surface area contributed by atoms with Crippen molar-refractivity contribution in [1.29, 1.82) is 0 Å². The summed E-state index contributed by atoms with van der Waals surface area (Å²) in [7, 11) is 0. The number of hydroxylamine groups is 4. The number of amides is 1. The van der Waals surface area contributed by atoms with Gasteiger partial charge in [-0.25, -0.2) is 0 Å². The van der Waals surface area contributed by atoms with Crippen LogP contribution in [-0.2, 0) is 11.2 Å². The van der Waals surface area contributed by atoms with E-state index in [2.05, 4.69) is 20.9 Å². The molecule has 0 saturated carbocycles. The van der Waals surface area contributed by atoms with Crippen LogP contribution in [0.4, 0.5) is 0 Å². The summed E-state index contributed by atoms with van der Waals surface area (Å²) < 4.78 is 0. The van der Waals surface area contributed by atoms with Gasteiger partial charge in [-0.15, -0.1) is 0 Å². The van der Waals surface area contributed by atoms with Crippen LogP contribution >= 0.6 is 0 Å². The number of aromatic nitrogens is 1. The topological polar surface area (TPSA) is 142 Å². The Balaban J connectivity index is 1.38. The highest BCUT2D eigenvalue weighted by atomic mass is 16.5. The van der Waals surface area contributed by atoms with Gasteiger partial charge in [0.15, 0.2) is 0 Å². The van der Waals surface area contributed by atoms with Crippen molar-refractivity contribution in [3.63, 3.8) is 0 Å². The van der Waals surface area contributed by atoms with E-state index in [-0.39, 0.29) is 5.91 Å². The van der Waals surface area contributed by atoms with Crippen molar-refractivity contribution in [3.05, 3.63) is 36.0 Å². The molecule has 8 N–H and O–H groups in total. The Kier molecular flexibility index (Phi) is 16.0. The van der Waals surface area contributed by atoms with Crippen molar-refractivity contribution >= 4 is 16.8 Å². The molecule has 0 fully saturated rings. The third kappa shape index (κ3) is 13.9.